The van der Waals surface area contributed by atoms with E-state index in [-0.39, 0.29) is 5.78 Å². The molecule has 1 aromatic carbocycles. The van der Waals surface area contributed by atoms with Gasteiger partial charge >= 0.3 is 0 Å². The molecule has 2 N–H and O–H groups in total. The van der Waals surface area contributed by atoms with Crippen molar-refractivity contribution in [1.82, 2.24) is 15.0 Å². The van der Waals surface area contributed by atoms with Gasteiger partial charge in [-0.3, -0.25) is 4.79 Å². The molecular weight excluding hydrogens is 228 g/mol. The van der Waals surface area contributed by atoms with E-state index >= 15 is 0 Å². The highest BCUT2D eigenvalue weighted by atomic mass is 16.1. The number of aromatic nitrogens is 3. The molecule has 2 aromatic rings. The highest BCUT2D eigenvalue weighted by Gasteiger charge is 2.30. The summed E-state index contributed by atoms with van der Waals surface area (Å²) in [7, 11) is 0. The lowest BCUT2D eigenvalue weighted by molar-refractivity contribution is 0.0889. The number of ketones is 1. The van der Waals surface area contributed by atoms with Gasteiger partial charge in [-0.1, -0.05) is 30.3 Å². The van der Waals surface area contributed by atoms with Crippen molar-refractivity contribution in [2.45, 2.75) is 25.8 Å². The summed E-state index contributed by atoms with van der Waals surface area (Å²) in [6.45, 7) is 3.60. The Morgan fingerprint density at radius 2 is 2.06 bits per heavy atom. The highest BCUT2D eigenvalue weighted by molar-refractivity contribution is 6.01. The Hall–Kier alpha value is -2.01. The molecule has 18 heavy (non-hydrogen) atoms. The number of carbonyl (C=O) groups excluding carboxylic acids is 1. The maximum atomic E-state index is 12.3. The van der Waals surface area contributed by atoms with Crippen LogP contribution in [0.4, 0.5) is 0 Å². The minimum Gasteiger partial charge on any atom is -0.319 e. The molecule has 2 rings (SSSR count). The van der Waals surface area contributed by atoms with Crippen molar-refractivity contribution >= 4 is 5.78 Å². The van der Waals surface area contributed by atoms with Gasteiger partial charge in [-0.25, -0.2) is 4.68 Å². The molecule has 1 aromatic heterocycles. The molecule has 1 heterocycles. The predicted octanol–water partition coefficient (Wildman–Crippen LogP) is 1.58. The number of Topliss-reactive ketones (excluding diaryl/α,β-unsaturated/α-hetero) is 1. The average molecular weight is 244 g/mol. The third kappa shape index (κ3) is 2.17. The Labute approximate surface area is 106 Å². The first kappa shape index (κ1) is 12.4. The monoisotopic (exact) mass is 244 g/mol. The van der Waals surface area contributed by atoms with Gasteiger partial charge in [0, 0.05) is 0 Å². The fraction of sp³-hybridized carbons (Fsp3) is 0.308. The SMILES string of the molecule is CCC(C)(N)C(=O)c1cnnn1-c1ccccc1. The zero-order valence-electron chi connectivity index (χ0n) is 10.5. The van der Waals surface area contributed by atoms with Crippen molar-refractivity contribution in [3.63, 3.8) is 0 Å². The number of rotatable bonds is 4. The molecule has 0 saturated heterocycles. The molecule has 0 spiro atoms. The van der Waals surface area contributed by atoms with Crippen LogP contribution >= 0.6 is 0 Å². The smallest absolute Gasteiger partial charge is 0.202 e. The van der Waals surface area contributed by atoms with Crippen molar-refractivity contribution in [1.29, 1.82) is 0 Å². The quantitative estimate of drug-likeness (QED) is 0.828. The second-order valence-corrected chi connectivity index (χ2v) is 4.47. The standard InChI is InChI=1S/C13H16N4O/c1-3-13(2,14)12(18)11-9-15-16-17(11)10-7-5-4-6-8-10/h4-9H,3,14H2,1-2H3. The average Bonchev–Trinajstić information content (AvgIpc) is 2.87. The van der Waals surface area contributed by atoms with Gasteiger partial charge in [-0.2, -0.15) is 0 Å². The first-order chi connectivity index (χ1) is 8.56. The summed E-state index contributed by atoms with van der Waals surface area (Å²) in [5.74, 6) is -0.154. The summed E-state index contributed by atoms with van der Waals surface area (Å²) in [5.41, 5.74) is 6.29. The fourth-order valence-electron chi connectivity index (χ4n) is 1.60. The van der Waals surface area contributed by atoms with Gasteiger partial charge in [0.1, 0.15) is 5.69 Å². The normalized spacial score (nSPS) is 14.2. The minimum absolute atomic E-state index is 0.154. The summed E-state index contributed by atoms with van der Waals surface area (Å²) in [6.07, 6.45) is 2.02. The first-order valence-corrected chi connectivity index (χ1v) is 5.86. The van der Waals surface area contributed by atoms with Crippen molar-refractivity contribution in [3.05, 3.63) is 42.2 Å². The Morgan fingerprint density at radius 3 is 2.67 bits per heavy atom. The second kappa shape index (κ2) is 4.70. The van der Waals surface area contributed by atoms with Crippen LogP contribution in [0.3, 0.4) is 0 Å². The predicted molar refractivity (Wildman–Crippen MR) is 68.6 cm³/mol. The highest BCUT2D eigenvalue weighted by Crippen LogP contribution is 2.16. The molecule has 0 bridgehead atoms. The van der Waals surface area contributed by atoms with Crippen LogP contribution in [0.25, 0.3) is 5.69 Å². The second-order valence-electron chi connectivity index (χ2n) is 4.47. The van der Waals surface area contributed by atoms with Crippen LogP contribution < -0.4 is 5.73 Å². The Bertz CT molecular complexity index is 545. The molecule has 0 amide bonds. The van der Waals surface area contributed by atoms with Gasteiger partial charge in [0.15, 0.2) is 0 Å². The molecule has 1 unspecified atom stereocenters. The van der Waals surface area contributed by atoms with Gasteiger partial charge in [0.05, 0.1) is 17.4 Å². The summed E-state index contributed by atoms with van der Waals surface area (Å²) >= 11 is 0. The molecule has 94 valence electrons. The molecule has 5 heteroatoms. The van der Waals surface area contributed by atoms with E-state index in [0.717, 1.165) is 5.69 Å². The van der Waals surface area contributed by atoms with Crippen molar-refractivity contribution in [2.24, 2.45) is 5.73 Å². The maximum Gasteiger partial charge on any atom is 0.202 e. The van der Waals surface area contributed by atoms with Crippen LogP contribution in [0.2, 0.25) is 0 Å². The van der Waals surface area contributed by atoms with E-state index in [9.17, 15) is 4.79 Å². The van der Waals surface area contributed by atoms with Crippen molar-refractivity contribution < 1.29 is 4.79 Å². The summed E-state index contributed by atoms with van der Waals surface area (Å²) in [5, 5.41) is 7.75. The van der Waals surface area contributed by atoms with Gasteiger partial charge in [-0.15, -0.1) is 5.10 Å². The number of para-hydroxylation sites is 1. The number of nitrogens with zero attached hydrogens (tertiary/aromatic N) is 3. The molecule has 0 radical (unpaired) electrons. The Kier molecular flexibility index (Phi) is 3.25. The lowest BCUT2D eigenvalue weighted by atomic mass is 9.93. The number of carbonyl (C=O) groups is 1. The maximum absolute atomic E-state index is 12.3. The van der Waals surface area contributed by atoms with E-state index in [0.29, 0.717) is 12.1 Å². The van der Waals surface area contributed by atoms with E-state index < -0.39 is 5.54 Å². The number of hydrogen-bond acceptors (Lipinski definition) is 4. The van der Waals surface area contributed by atoms with Crippen molar-refractivity contribution in [3.8, 4) is 5.69 Å². The van der Waals surface area contributed by atoms with Gasteiger partial charge in [0.2, 0.25) is 5.78 Å². The number of benzene rings is 1. The molecule has 0 aliphatic heterocycles. The molecule has 0 aliphatic rings. The lowest BCUT2D eigenvalue weighted by Gasteiger charge is -2.20. The third-order valence-electron chi connectivity index (χ3n) is 3.04. The third-order valence-corrected chi connectivity index (χ3v) is 3.04. The first-order valence-electron chi connectivity index (χ1n) is 5.86. The van der Waals surface area contributed by atoms with E-state index in [2.05, 4.69) is 10.3 Å². The molecule has 0 saturated carbocycles. The van der Waals surface area contributed by atoms with Crippen LogP contribution in [0.15, 0.2) is 36.5 Å². The van der Waals surface area contributed by atoms with Crippen LogP contribution in [0.5, 0.6) is 0 Å². The molecule has 0 aliphatic carbocycles. The van der Waals surface area contributed by atoms with Crippen LogP contribution in [-0.4, -0.2) is 26.3 Å². The minimum atomic E-state index is -0.895. The van der Waals surface area contributed by atoms with E-state index in [1.165, 1.54) is 10.9 Å². The fourth-order valence-corrected chi connectivity index (χ4v) is 1.60. The van der Waals surface area contributed by atoms with Gasteiger partial charge in [0.25, 0.3) is 0 Å². The lowest BCUT2D eigenvalue weighted by Crippen LogP contribution is -2.45. The molecular formula is C13H16N4O. The van der Waals surface area contributed by atoms with E-state index in [1.807, 2.05) is 37.3 Å². The van der Waals surface area contributed by atoms with Crippen LogP contribution in [-0.2, 0) is 0 Å². The molecule has 1 atom stereocenters. The van der Waals surface area contributed by atoms with E-state index in [4.69, 9.17) is 5.73 Å². The Balaban J connectivity index is 2.44. The zero-order chi connectivity index (χ0) is 13.2. The topological polar surface area (TPSA) is 73.8 Å². The number of hydrogen-bond donors (Lipinski definition) is 1. The summed E-state index contributed by atoms with van der Waals surface area (Å²) < 4.78 is 1.52. The van der Waals surface area contributed by atoms with Crippen molar-refractivity contribution in [2.75, 3.05) is 0 Å². The Morgan fingerprint density at radius 1 is 1.39 bits per heavy atom. The van der Waals surface area contributed by atoms with Crippen LogP contribution in [0, 0.1) is 0 Å². The summed E-state index contributed by atoms with van der Waals surface area (Å²) in [4.78, 5) is 12.3. The van der Waals surface area contributed by atoms with Gasteiger partial charge in [-0.05, 0) is 25.5 Å². The largest absolute Gasteiger partial charge is 0.319 e. The molecule has 5 nitrogen and oxygen atoms in total. The van der Waals surface area contributed by atoms with Gasteiger partial charge < -0.3 is 5.73 Å². The zero-order valence-corrected chi connectivity index (χ0v) is 10.5. The van der Waals surface area contributed by atoms with Crippen LogP contribution in [0.1, 0.15) is 30.8 Å². The van der Waals surface area contributed by atoms with E-state index in [1.54, 1.807) is 6.92 Å². The summed E-state index contributed by atoms with van der Waals surface area (Å²) in [6, 6.07) is 9.40. The molecule has 0 fully saturated rings. The number of nitrogens with two attached hydrogens (primary N) is 1.